The minimum atomic E-state index is -3.53. The van der Waals surface area contributed by atoms with Crippen molar-refractivity contribution in [1.29, 1.82) is 5.26 Å². The average Bonchev–Trinajstić information content (AvgIpc) is 2.63. The van der Waals surface area contributed by atoms with Crippen LogP contribution in [0.4, 0.5) is 5.69 Å². The molecule has 2 aromatic carbocycles. The second-order valence-electron chi connectivity index (χ2n) is 5.48. The van der Waals surface area contributed by atoms with Crippen molar-refractivity contribution in [1.82, 2.24) is 4.98 Å². The van der Waals surface area contributed by atoms with Gasteiger partial charge in [0.05, 0.1) is 17.4 Å². The molecule has 0 unspecified atom stereocenters. The molecule has 3 rings (SSSR count). The Balaban J connectivity index is 1.71. The van der Waals surface area contributed by atoms with E-state index in [1.165, 1.54) is 0 Å². The van der Waals surface area contributed by atoms with Gasteiger partial charge in [-0.1, -0.05) is 24.3 Å². The smallest absolute Gasteiger partial charge is 0.236 e. The largest absolute Gasteiger partial charge is 0.283 e. The summed E-state index contributed by atoms with van der Waals surface area (Å²) < 4.78 is 27.2. The van der Waals surface area contributed by atoms with Gasteiger partial charge in [-0.05, 0) is 53.1 Å². The van der Waals surface area contributed by atoms with Crippen molar-refractivity contribution in [2.45, 2.75) is 5.75 Å². The highest BCUT2D eigenvalue weighted by atomic mass is 32.2. The standard InChI is InChI=1S/C19H15N3O2S/c20-13-15-1-3-16(4-2-15)14-25(23,24)22-19-7-5-17(6-8-19)18-9-11-21-12-10-18/h1-12,22H,14H2. The Kier molecular flexibility index (Phi) is 4.78. The number of nitrogens with one attached hydrogen (secondary N) is 1. The van der Waals surface area contributed by atoms with E-state index in [-0.39, 0.29) is 5.75 Å². The summed E-state index contributed by atoms with van der Waals surface area (Å²) in [6.07, 6.45) is 3.42. The minimum Gasteiger partial charge on any atom is -0.283 e. The molecule has 0 saturated heterocycles. The van der Waals surface area contributed by atoms with Gasteiger partial charge in [0.15, 0.2) is 0 Å². The topological polar surface area (TPSA) is 82.8 Å². The molecule has 0 fully saturated rings. The van der Waals surface area contributed by atoms with E-state index in [4.69, 9.17) is 5.26 Å². The molecular weight excluding hydrogens is 334 g/mol. The number of pyridine rings is 1. The number of rotatable bonds is 5. The van der Waals surface area contributed by atoms with Crippen LogP contribution in [0, 0.1) is 11.3 Å². The summed E-state index contributed by atoms with van der Waals surface area (Å²) in [7, 11) is -3.53. The lowest BCUT2D eigenvalue weighted by atomic mass is 10.1. The number of hydrogen-bond donors (Lipinski definition) is 1. The van der Waals surface area contributed by atoms with Crippen LogP contribution in [0.1, 0.15) is 11.1 Å². The van der Waals surface area contributed by atoms with E-state index >= 15 is 0 Å². The molecule has 1 N–H and O–H groups in total. The first-order valence-electron chi connectivity index (χ1n) is 7.56. The van der Waals surface area contributed by atoms with Crippen molar-refractivity contribution in [2.75, 3.05) is 4.72 Å². The third-order valence-corrected chi connectivity index (χ3v) is 4.87. The first-order valence-corrected chi connectivity index (χ1v) is 9.21. The maximum atomic E-state index is 12.3. The molecule has 1 aromatic heterocycles. The van der Waals surface area contributed by atoms with Gasteiger partial charge in [-0.2, -0.15) is 5.26 Å². The number of nitriles is 1. The van der Waals surface area contributed by atoms with Crippen LogP contribution in [0.15, 0.2) is 73.1 Å². The quantitative estimate of drug-likeness (QED) is 0.763. The second-order valence-corrected chi connectivity index (χ2v) is 7.21. The number of aromatic nitrogens is 1. The lowest BCUT2D eigenvalue weighted by Crippen LogP contribution is -2.15. The van der Waals surface area contributed by atoms with Crippen molar-refractivity contribution in [3.05, 3.63) is 84.2 Å². The third-order valence-electron chi connectivity index (χ3n) is 3.61. The second kappa shape index (κ2) is 7.16. The van der Waals surface area contributed by atoms with E-state index in [1.807, 2.05) is 30.3 Å². The molecule has 0 radical (unpaired) electrons. The zero-order valence-corrected chi connectivity index (χ0v) is 14.1. The molecule has 124 valence electrons. The van der Waals surface area contributed by atoms with Crippen LogP contribution in [0.3, 0.4) is 0 Å². The van der Waals surface area contributed by atoms with Crippen molar-refractivity contribution in [2.24, 2.45) is 0 Å². The Hall–Kier alpha value is -3.17. The van der Waals surface area contributed by atoms with E-state index in [9.17, 15) is 8.42 Å². The molecule has 6 heteroatoms. The van der Waals surface area contributed by atoms with Gasteiger partial charge in [0.1, 0.15) is 0 Å². The molecular formula is C19H15N3O2S. The normalized spacial score (nSPS) is 10.8. The number of benzene rings is 2. The van der Waals surface area contributed by atoms with E-state index in [1.54, 1.807) is 48.8 Å². The van der Waals surface area contributed by atoms with Crippen molar-refractivity contribution >= 4 is 15.7 Å². The molecule has 3 aromatic rings. The van der Waals surface area contributed by atoms with Crippen LogP contribution in [0.25, 0.3) is 11.1 Å². The zero-order chi connectivity index (χ0) is 17.7. The van der Waals surface area contributed by atoms with E-state index in [0.29, 0.717) is 16.8 Å². The molecule has 0 spiro atoms. The van der Waals surface area contributed by atoms with Gasteiger partial charge in [0.25, 0.3) is 0 Å². The van der Waals surface area contributed by atoms with Gasteiger partial charge < -0.3 is 0 Å². The lowest BCUT2D eigenvalue weighted by Gasteiger charge is -2.09. The third kappa shape index (κ3) is 4.43. The number of sulfonamides is 1. The minimum absolute atomic E-state index is 0.148. The summed E-state index contributed by atoms with van der Waals surface area (Å²) in [6, 6.07) is 19.5. The van der Waals surface area contributed by atoms with Crippen molar-refractivity contribution < 1.29 is 8.42 Å². The molecule has 0 amide bonds. The van der Waals surface area contributed by atoms with Gasteiger partial charge in [0, 0.05) is 18.1 Å². The number of nitrogens with zero attached hydrogens (tertiary/aromatic N) is 2. The molecule has 5 nitrogen and oxygen atoms in total. The van der Waals surface area contributed by atoms with Crippen LogP contribution >= 0.6 is 0 Å². The van der Waals surface area contributed by atoms with Crippen LogP contribution in [-0.4, -0.2) is 13.4 Å². The number of anilines is 1. The predicted octanol–water partition coefficient (Wildman–Crippen LogP) is 3.56. The molecule has 0 aliphatic carbocycles. The van der Waals surface area contributed by atoms with E-state index in [2.05, 4.69) is 9.71 Å². The maximum Gasteiger partial charge on any atom is 0.236 e. The molecule has 0 aliphatic rings. The Morgan fingerprint density at radius 3 is 2.08 bits per heavy atom. The highest BCUT2D eigenvalue weighted by molar-refractivity contribution is 7.91. The summed E-state index contributed by atoms with van der Waals surface area (Å²) in [6.45, 7) is 0. The number of hydrogen-bond acceptors (Lipinski definition) is 4. The lowest BCUT2D eigenvalue weighted by molar-refractivity contribution is 0.600. The van der Waals surface area contributed by atoms with E-state index < -0.39 is 10.0 Å². The average molecular weight is 349 g/mol. The molecule has 0 aliphatic heterocycles. The molecule has 0 bridgehead atoms. The molecule has 0 atom stereocenters. The summed E-state index contributed by atoms with van der Waals surface area (Å²) in [5.41, 5.74) is 3.63. The Morgan fingerprint density at radius 1 is 0.880 bits per heavy atom. The Bertz CT molecular complexity index is 991. The first-order chi connectivity index (χ1) is 12.1. The maximum absolute atomic E-state index is 12.3. The Labute approximate surface area is 146 Å². The van der Waals surface area contributed by atoms with Crippen molar-refractivity contribution in [3.63, 3.8) is 0 Å². The monoisotopic (exact) mass is 349 g/mol. The SMILES string of the molecule is N#Cc1ccc(CS(=O)(=O)Nc2ccc(-c3ccncc3)cc2)cc1. The van der Waals surface area contributed by atoms with Crippen molar-refractivity contribution in [3.8, 4) is 17.2 Å². The molecule has 0 saturated carbocycles. The summed E-state index contributed by atoms with van der Waals surface area (Å²) in [5, 5.41) is 8.78. The molecule has 1 heterocycles. The predicted molar refractivity (Wildman–Crippen MR) is 97.1 cm³/mol. The summed E-state index contributed by atoms with van der Waals surface area (Å²) in [5.74, 6) is -0.148. The highest BCUT2D eigenvalue weighted by Gasteiger charge is 2.12. The van der Waals surface area contributed by atoms with Gasteiger partial charge in [-0.15, -0.1) is 0 Å². The van der Waals surface area contributed by atoms with Gasteiger partial charge >= 0.3 is 0 Å². The summed E-state index contributed by atoms with van der Waals surface area (Å²) in [4.78, 5) is 3.98. The highest BCUT2D eigenvalue weighted by Crippen LogP contribution is 2.21. The fourth-order valence-electron chi connectivity index (χ4n) is 2.39. The fraction of sp³-hybridized carbons (Fsp3) is 0.0526. The summed E-state index contributed by atoms with van der Waals surface area (Å²) >= 11 is 0. The van der Waals surface area contributed by atoms with Crippen LogP contribution < -0.4 is 4.72 Å². The Morgan fingerprint density at radius 2 is 1.48 bits per heavy atom. The van der Waals surface area contributed by atoms with Crippen LogP contribution in [-0.2, 0) is 15.8 Å². The van der Waals surface area contributed by atoms with Gasteiger partial charge in [-0.25, -0.2) is 8.42 Å². The van der Waals surface area contributed by atoms with Gasteiger partial charge in [-0.3, -0.25) is 9.71 Å². The zero-order valence-electron chi connectivity index (χ0n) is 13.3. The fourth-order valence-corrected chi connectivity index (χ4v) is 3.58. The van der Waals surface area contributed by atoms with Crippen LogP contribution in [0.5, 0.6) is 0 Å². The first kappa shape index (κ1) is 16.7. The van der Waals surface area contributed by atoms with E-state index in [0.717, 1.165) is 11.1 Å². The van der Waals surface area contributed by atoms with Gasteiger partial charge in [0.2, 0.25) is 10.0 Å². The molecule has 25 heavy (non-hydrogen) atoms. The van der Waals surface area contributed by atoms with Crippen LogP contribution in [0.2, 0.25) is 0 Å².